The molecule has 3 unspecified atom stereocenters. The summed E-state index contributed by atoms with van der Waals surface area (Å²) < 4.78 is 41.4. The molecular formula is C46H75NO14. The number of methoxy groups -OCH3 is 2. The van der Waals surface area contributed by atoms with Crippen LogP contribution in [0.4, 0.5) is 4.79 Å². The number of esters is 1. The van der Waals surface area contributed by atoms with Crippen molar-refractivity contribution in [3.63, 3.8) is 0 Å². The van der Waals surface area contributed by atoms with Gasteiger partial charge in [-0.15, -0.1) is 0 Å². The molecule has 61 heavy (non-hydrogen) atoms. The molecule has 3 aliphatic rings. The van der Waals surface area contributed by atoms with Gasteiger partial charge in [0, 0.05) is 49.5 Å². The molecule has 348 valence electrons. The van der Waals surface area contributed by atoms with Crippen LogP contribution in [0.25, 0.3) is 0 Å². The monoisotopic (exact) mass is 866 g/mol. The molecule has 2 saturated heterocycles. The lowest BCUT2D eigenvalue weighted by molar-refractivity contribution is -0.338. The van der Waals surface area contributed by atoms with Gasteiger partial charge in [-0.2, -0.15) is 0 Å². The highest BCUT2D eigenvalue weighted by atomic mass is 16.7. The maximum atomic E-state index is 13.9. The Morgan fingerprint density at radius 1 is 1.10 bits per heavy atom. The van der Waals surface area contributed by atoms with E-state index in [4.69, 9.17) is 38.9 Å². The first-order chi connectivity index (χ1) is 28.6. The smallest absolute Gasteiger partial charge is 0.404 e. The molecule has 7 N–H and O–H groups in total. The van der Waals surface area contributed by atoms with Crippen LogP contribution in [0.3, 0.4) is 0 Å². The lowest BCUT2D eigenvalue weighted by Gasteiger charge is -2.49. The molecule has 0 aromatic heterocycles. The van der Waals surface area contributed by atoms with Crippen molar-refractivity contribution in [2.24, 2.45) is 41.2 Å². The zero-order valence-electron chi connectivity index (χ0n) is 38.2. The fourth-order valence-electron chi connectivity index (χ4n) is 8.94. The predicted molar refractivity (Wildman–Crippen MR) is 228 cm³/mol. The van der Waals surface area contributed by atoms with E-state index in [0.717, 1.165) is 5.57 Å². The van der Waals surface area contributed by atoms with E-state index >= 15 is 0 Å². The number of aliphatic hydroxyl groups excluding tert-OH is 4. The van der Waals surface area contributed by atoms with Crippen LogP contribution in [0.5, 0.6) is 0 Å². The lowest BCUT2D eigenvalue weighted by Crippen LogP contribution is -2.59. The largest absolute Gasteiger partial charge is 0.490 e. The van der Waals surface area contributed by atoms with Crippen LogP contribution >= 0.6 is 0 Å². The molecule has 15 heteroatoms. The second kappa shape index (κ2) is 23.5. The number of aliphatic hydroxyl groups is 5. The number of hydrogen-bond acceptors (Lipinski definition) is 14. The maximum Gasteiger partial charge on any atom is 0.404 e. The fraction of sp³-hybridized carbons (Fsp3) is 0.739. The van der Waals surface area contributed by atoms with E-state index < -0.39 is 97.0 Å². The second-order valence-electron chi connectivity index (χ2n) is 17.5. The zero-order chi connectivity index (χ0) is 45.9. The number of rotatable bonds is 11. The Balaban J connectivity index is 2.00. The maximum absolute atomic E-state index is 13.9. The molecule has 0 radical (unpaired) electrons. The lowest BCUT2D eigenvalue weighted by atomic mass is 9.77. The average Bonchev–Trinajstić information content (AvgIpc) is 3.19. The molecule has 15 nitrogen and oxygen atoms in total. The van der Waals surface area contributed by atoms with Gasteiger partial charge >= 0.3 is 12.1 Å². The van der Waals surface area contributed by atoms with E-state index in [9.17, 15) is 35.1 Å². The molecule has 0 aromatic rings. The number of hydrogen-bond donors (Lipinski definition) is 6. The first-order valence-corrected chi connectivity index (χ1v) is 21.7. The number of carbonyl (C=O) groups is 2. The number of amides is 1. The van der Waals surface area contributed by atoms with Crippen molar-refractivity contribution in [3.05, 3.63) is 59.4 Å². The standard InChI is InChI=1S/C46H75NO14/c1-13-16-34-28(7)37(58-38-22-33(48)43(31(10)57-38)60-45(47)53)23-46(54,61-34)30(9)41(51)29(8)42-35(55-11)18-15-17-24(3)19-26(5)39(49)32(14-2)40(50)27(6)20-25(4)21-36(56-12)44(52)59-42/h13,15-18,20-21,26-35,37-43,48-51,54H,14,19,22-23H2,1-12H3,(H2,47,53)/t26?,27-,28+,29?,30+,31-,32+,33-,34+,35+,37+,38+,39+,40-,41?,42-,43-,46+/m0/s1. The summed E-state index contributed by atoms with van der Waals surface area (Å²) >= 11 is 0. The van der Waals surface area contributed by atoms with Crippen LogP contribution < -0.4 is 5.73 Å². The summed E-state index contributed by atoms with van der Waals surface area (Å²) in [4.78, 5) is 25.4. The van der Waals surface area contributed by atoms with Crippen molar-refractivity contribution in [2.75, 3.05) is 14.2 Å². The van der Waals surface area contributed by atoms with Gasteiger partial charge in [-0.05, 0) is 52.5 Å². The highest BCUT2D eigenvalue weighted by Crippen LogP contribution is 2.42. The van der Waals surface area contributed by atoms with E-state index in [1.54, 1.807) is 52.0 Å². The van der Waals surface area contributed by atoms with Crippen LogP contribution in [0.2, 0.25) is 0 Å². The molecular weight excluding hydrogens is 790 g/mol. The summed E-state index contributed by atoms with van der Waals surface area (Å²) in [7, 11) is 2.81. The van der Waals surface area contributed by atoms with Crippen LogP contribution in [0.1, 0.15) is 94.9 Å². The fourth-order valence-corrected chi connectivity index (χ4v) is 8.94. The molecule has 0 spiro atoms. The van der Waals surface area contributed by atoms with Gasteiger partial charge in [0.2, 0.25) is 5.76 Å². The third kappa shape index (κ3) is 13.7. The highest BCUT2D eigenvalue weighted by Gasteiger charge is 2.52. The number of carbonyl (C=O) groups excluding carboxylic acids is 2. The van der Waals surface area contributed by atoms with Crippen LogP contribution in [0, 0.1) is 35.5 Å². The first-order valence-electron chi connectivity index (χ1n) is 21.7. The highest BCUT2D eigenvalue weighted by molar-refractivity contribution is 5.87. The third-order valence-corrected chi connectivity index (χ3v) is 12.8. The normalized spacial score (nSPS) is 39.1. The molecule has 3 rings (SSSR count). The van der Waals surface area contributed by atoms with Gasteiger partial charge in [-0.25, -0.2) is 9.59 Å². The summed E-state index contributed by atoms with van der Waals surface area (Å²) in [6.07, 6.45) is 2.20. The Labute approximate surface area is 362 Å². The molecule has 0 aliphatic carbocycles. The summed E-state index contributed by atoms with van der Waals surface area (Å²) in [5.74, 6) is -6.00. The van der Waals surface area contributed by atoms with Crippen molar-refractivity contribution in [1.82, 2.24) is 0 Å². The summed E-state index contributed by atoms with van der Waals surface area (Å²) in [5.41, 5.74) is 6.78. The van der Waals surface area contributed by atoms with Crippen molar-refractivity contribution in [1.29, 1.82) is 0 Å². The number of allylic oxidation sites excluding steroid dienone is 6. The van der Waals surface area contributed by atoms with Crippen molar-refractivity contribution in [3.8, 4) is 0 Å². The van der Waals surface area contributed by atoms with Crippen molar-refractivity contribution >= 4 is 12.1 Å². The number of ether oxygens (including phenoxy) is 7. The Morgan fingerprint density at radius 3 is 2.34 bits per heavy atom. The number of primary amides is 1. The van der Waals surface area contributed by atoms with E-state index in [2.05, 4.69) is 0 Å². The molecule has 1 amide bonds. The second-order valence-corrected chi connectivity index (χ2v) is 17.5. The minimum atomic E-state index is -1.97. The van der Waals surface area contributed by atoms with Gasteiger partial charge < -0.3 is 64.4 Å². The average molecular weight is 866 g/mol. The Kier molecular flexibility index (Phi) is 20.1. The van der Waals surface area contributed by atoms with Crippen molar-refractivity contribution < 1.29 is 68.3 Å². The molecule has 2 fully saturated rings. The van der Waals surface area contributed by atoms with Gasteiger partial charge in [-0.3, -0.25) is 0 Å². The zero-order valence-corrected chi connectivity index (χ0v) is 38.2. The van der Waals surface area contributed by atoms with E-state index in [1.165, 1.54) is 20.3 Å². The van der Waals surface area contributed by atoms with Crippen molar-refractivity contribution in [2.45, 2.75) is 168 Å². The molecule has 3 aliphatic heterocycles. The molecule has 0 aromatic carbocycles. The Morgan fingerprint density at radius 2 is 1.77 bits per heavy atom. The Bertz CT molecular complexity index is 1570. The van der Waals surface area contributed by atoms with Gasteiger partial charge in [0.25, 0.3) is 0 Å². The SMILES string of the molecule is CC=C[C@H]1O[C@@](O)([C@H](C)C(O)C(C)[C@@H]2OC(=O)C(OC)=CC(C)=C[C@H](C)[C@H](O)[C@H](CC)[C@H](O)C(C)CC(C)=CC=C[C@H]2OC)C[C@@H](O[C@@H]2C[C@H](O)[C@@H](OC(N)=O)[C@H](C)O2)[C@@H]1C. The van der Waals surface area contributed by atoms with E-state index in [1.807, 2.05) is 53.7 Å². The van der Waals surface area contributed by atoms with Crippen LogP contribution in [0.15, 0.2) is 59.4 Å². The molecule has 0 bridgehead atoms. The van der Waals surface area contributed by atoms with Gasteiger partial charge in [-0.1, -0.05) is 89.1 Å². The number of cyclic esters (lactones) is 1. The minimum absolute atomic E-state index is 0.0313. The molecule has 3 heterocycles. The van der Waals surface area contributed by atoms with Gasteiger partial charge in [0.05, 0.1) is 49.8 Å². The predicted octanol–water partition coefficient (Wildman–Crippen LogP) is 4.98. The number of nitrogens with two attached hydrogens (primary N) is 1. The summed E-state index contributed by atoms with van der Waals surface area (Å²) in [6, 6.07) is 0. The van der Waals surface area contributed by atoms with E-state index in [-0.39, 0.29) is 42.3 Å². The quantitative estimate of drug-likeness (QED) is 0.119. The van der Waals surface area contributed by atoms with Crippen LogP contribution in [-0.2, 0) is 38.0 Å². The van der Waals surface area contributed by atoms with E-state index in [0.29, 0.717) is 18.4 Å². The molecule has 18 atom stereocenters. The minimum Gasteiger partial charge on any atom is -0.490 e. The van der Waals surface area contributed by atoms with Gasteiger partial charge in [0.15, 0.2) is 18.2 Å². The van der Waals surface area contributed by atoms with Crippen LogP contribution in [-0.4, -0.2) is 125 Å². The topological polar surface area (TPSA) is 226 Å². The third-order valence-electron chi connectivity index (χ3n) is 12.8. The summed E-state index contributed by atoms with van der Waals surface area (Å²) in [5, 5.41) is 58.0. The summed E-state index contributed by atoms with van der Waals surface area (Å²) in [6.45, 7) is 18.2. The first kappa shape index (κ1) is 52.2. The Hall–Kier alpha value is -3.12. The van der Waals surface area contributed by atoms with Gasteiger partial charge in [0.1, 0.15) is 12.2 Å². The molecule has 0 saturated carbocycles.